The Balaban J connectivity index is 1.76. The number of rotatable bonds is 8. The van der Waals surface area contributed by atoms with Gasteiger partial charge in [-0.25, -0.2) is 17.2 Å². The average molecular weight is 545 g/mol. The molecule has 198 valence electrons. The quantitative estimate of drug-likeness (QED) is 0.354. The van der Waals surface area contributed by atoms with Crippen molar-refractivity contribution in [2.75, 3.05) is 11.0 Å². The molecule has 0 bridgehead atoms. The van der Waals surface area contributed by atoms with Crippen molar-refractivity contribution in [3.8, 4) is 11.8 Å². The summed E-state index contributed by atoms with van der Waals surface area (Å²) in [6.07, 6.45) is -3.58. The summed E-state index contributed by atoms with van der Waals surface area (Å²) < 4.78 is 103. The molecule has 3 aromatic rings. The van der Waals surface area contributed by atoms with E-state index >= 15 is 0 Å². The molecule has 14 heteroatoms. The molecule has 0 unspecified atom stereocenters. The van der Waals surface area contributed by atoms with Gasteiger partial charge in [0.15, 0.2) is 17.3 Å². The second-order valence-electron chi connectivity index (χ2n) is 8.05. The van der Waals surface area contributed by atoms with Gasteiger partial charge in [-0.1, -0.05) is 12.2 Å². The third kappa shape index (κ3) is 7.06. The number of hydrogen-bond acceptors (Lipinski definition) is 6. The fourth-order valence-electron chi connectivity index (χ4n) is 3.06. The molecule has 0 saturated heterocycles. The zero-order chi connectivity index (χ0) is 27.7. The molecular weight excluding hydrogens is 525 g/mol. The summed E-state index contributed by atoms with van der Waals surface area (Å²) >= 11 is 0. The van der Waals surface area contributed by atoms with Gasteiger partial charge in [-0.2, -0.15) is 18.2 Å². The van der Waals surface area contributed by atoms with Crippen molar-refractivity contribution in [3.05, 3.63) is 77.2 Å². The second-order valence-corrected chi connectivity index (χ2v) is 9.80. The van der Waals surface area contributed by atoms with Crippen LogP contribution >= 0.6 is 0 Å². The molecule has 1 heterocycles. The number of amides is 1. The minimum atomic E-state index is -4.65. The van der Waals surface area contributed by atoms with Crippen LogP contribution in [0.5, 0.6) is 11.8 Å². The lowest BCUT2D eigenvalue weighted by Gasteiger charge is -2.15. The van der Waals surface area contributed by atoms with Crippen LogP contribution in [-0.4, -0.2) is 25.6 Å². The van der Waals surface area contributed by atoms with E-state index in [2.05, 4.69) is 16.9 Å². The smallest absolute Gasteiger partial charge is 0.416 e. The molecule has 2 N–H and O–H groups in total. The molecule has 2 aromatic carbocycles. The van der Waals surface area contributed by atoms with Crippen LogP contribution in [0.15, 0.2) is 47.6 Å². The Morgan fingerprint density at radius 3 is 2.30 bits per heavy atom. The first-order chi connectivity index (χ1) is 17.0. The highest BCUT2D eigenvalue weighted by Gasteiger charge is 2.32. The first-order valence-electron chi connectivity index (χ1n) is 10.3. The third-order valence-electron chi connectivity index (χ3n) is 4.85. The highest BCUT2D eigenvalue weighted by atomic mass is 32.2. The Morgan fingerprint density at radius 2 is 1.76 bits per heavy atom. The number of ether oxygens (including phenoxy) is 1. The van der Waals surface area contributed by atoms with E-state index in [1.54, 1.807) is 4.72 Å². The molecule has 0 radical (unpaired) electrons. The summed E-state index contributed by atoms with van der Waals surface area (Å²) in [6, 6.07) is 3.63. The predicted molar refractivity (Wildman–Crippen MR) is 123 cm³/mol. The molecule has 0 aliphatic heterocycles. The zero-order valence-corrected chi connectivity index (χ0v) is 20.4. The zero-order valence-electron chi connectivity index (χ0n) is 19.5. The molecule has 0 fully saturated rings. The van der Waals surface area contributed by atoms with Crippen molar-refractivity contribution in [2.45, 2.75) is 26.1 Å². The predicted octanol–water partition coefficient (Wildman–Crippen LogP) is 5.66. The van der Waals surface area contributed by atoms with Gasteiger partial charge >= 0.3 is 12.3 Å². The molecule has 0 spiro atoms. The highest BCUT2D eigenvalue weighted by molar-refractivity contribution is 7.92. The number of nitrogens with one attached hydrogen (secondary N) is 2. The fraction of sp³-hybridized carbons (Fsp3) is 0.217. The number of allylic oxidation sites excluding steroid dienone is 1. The first kappa shape index (κ1) is 27.6. The van der Waals surface area contributed by atoms with Crippen LogP contribution in [0, 0.1) is 11.6 Å². The van der Waals surface area contributed by atoms with E-state index < -0.39 is 57.1 Å². The van der Waals surface area contributed by atoms with Crippen molar-refractivity contribution < 1.29 is 44.3 Å². The van der Waals surface area contributed by atoms with Crippen molar-refractivity contribution in [2.24, 2.45) is 0 Å². The van der Waals surface area contributed by atoms with Gasteiger partial charge in [0.05, 0.1) is 17.9 Å². The number of carbonyl (C=O) groups excluding carboxylic acids is 1. The van der Waals surface area contributed by atoms with Gasteiger partial charge in [-0.3, -0.25) is 9.52 Å². The minimum absolute atomic E-state index is 0.0290. The maximum absolute atomic E-state index is 14.3. The Bertz CT molecular complexity index is 1440. The van der Waals surface area contributed by atoms with Gasteiger partial charge in [0.25, 0.3) is 5.91 Å². The molecule has 0 aliphatic carbocycles. The molecule has 37 heavy (non-hydrogen) atoms. The maximum atomic E-state index is 14.3. The number of nitrogens with zero attached hydrogens (tertiary/aromatic N) is 1. The standard InChI is InChI=1S/C23H20F5N3O5S/c1-11(2)13-5-15(23(26,27)28)9-16(6-13)36-22-30-19(10-35-22)21(32)29-12(3)14-7-17(24)20(18(25)8-14)31-37(4,33)34/h5-10,12,31H,1H2,2-4H3,(H,29,32)/t12-/m1/s1. The summed E-state index contributed by atoms with van der Waals surface area (Å²) in [5, 5.41) is 2.42. The second kappa shape index (κ2) is 10.2. The van der Waals surface area contributed by atoms with Crippen molar-refractivity contribution >= 4 is 27.2 Å². The van der Waals surface area contributed by atoms with Gasteiger partial charge in [0.2, 0.25) is 10.0 Å². The van der Waals surface area contributed by atoms with Crippen molar-refractivity contribution in [3.63, 3.8) is 0 Å². The summed E-state index contributed by atoms with van der Waals surface area (Å²) in [4.78, 5) is 16.3. The number of hydrogen-bond donors (Lipinski definition) is 2. The number of aromatic nitrogens is 1. The van der Waals surface area contributed by atoms with Crippen LogP contribution in [0.25, 0.3) is 5.57 Å². The van der Waals surface area contributed by atoms with Crippen molar-refractivity contribution in [1.29, 1.82) is 0 Å². The van der Waals surface area contributed by atoms with Crippen LogP contribution in [0.2, 0.25) is 0 Å². The van der Waals surface area contributed by atoms with Crippen LogP contribution < -0.4 is 14.8 Å². The summed E-state index contributed by atoms with van der Waals surface area (Å²) in [5.74, 6) is -3.51. The Labute approximate surface area is 208 Å². The molecule has 3 rings (SSSR count). The number of sulfonamides is 1. The fourth-order valence-corrected chi connectivity index (χ4v) is 3.62. The molecular formula is C23H20F5N3O5S. The van der Waals surface area contributed by atoms with E-state index in [-0.39, 0.29) is 22.6 Å². The minimum Gasteiger partial charge on any atom is -0.416 e. The third-order valence-corrected chi connectivity index (χ3v) is 5.42. The molecule has 1 atom stereocenters. The normalized spacial score (nSPS) is 12.6. The first-order valence-corrected chi connectivity index (χ1v) is 12.2. The highest BCUT2D eigenvalue weighted by Crippen LogP contribution is 2.35. The van der Waals surface area contributed by atoms with E-state index in [4.69, 9.17) is 9.15 Å². The Hall–Kier alpha value is -3.94. The molecule has 0 saturated carbocycles. The topological polar surface area (TPSA) is 111 Å². The SMILES string of the molecule is C=C(C)c1cc(Oc2nc(C(=O)N[C@H](C)c3cc(F)c(NS(C)(=O)=O)c(F)c3)co2)cc(C(F)(F)F)c1. The lowest BCUT2D eigenvalue weighted by atomic mass is 10.0. The molecule has 8 nitrogen and oxygen atoms in total. The maximum Gasteiger partial charge on any atom is 0.416 e. The van der Waals surface area contributed by atoms with E-state index in [1.807, 2.05) is 0 Å². The number of benzene rings is 2. The van der Waals surface area contributed by atoms with Crippen LogP contribution in [0.4, 0.5) is 27.6 Å². The number of oxazole rings is 1. The molecule has 0 aliphatic rings. The lowest BCUT2D eigenvalue weighted by molar-refractivity contribution is -0.137. The number of anilines is 1. The van der Waals surface area contributed by atoms with E-state index in [9.17, 15) is 35.2 Å². The van der Waals surface area contributed by atoms with Gasteiger partial charge in [-0.15, -0.1) is 0 Å². The number of carbonyl (C=O) groups is 1. The summed E-state index contributed by atoms with van der Waals surface area (Å²) in [5.41, 5.74) is -1.69. The lowest BCUT2D eigenvalue weighted by Crippen LogP contribution is -2.27. The van der Waals surface area contributed by atoms with E-state index in [0.29, 0.717) is 5.57 Å². The van der Waals surface area contributed by atoms with Gasteiger partial charge in [0, 0.05) is 0 Å². The molecule has 1 aromatic heterocycles. The molecule has 1 amide bonds. The van der Waals surface area contributed by atoms with Gasteiger partial charge in [0.1, 0.15) is 17.7 Å². The van der Waals surface area contributed by atoms with E-state index in [0.717, 1.165) is 36.8 Å². The van der Waals surface area contributed by atoms with Crippen LogP contribution in [0.3, 0.4) is 0 Å². The van der Waals surface area contributed by atoms with Crippen LogP contribution in [-0.2, 0) is 16.2 Å². The number of alkyl halides is 3. The number of halogens is 5. The average Bonchev–Trinajstić information content (AvgIpc) is 3.23. The summed E-state index contributed by atoms with van der Waals surface area (Å²) in [7, 11) is -3.94. The Morgan fingerprint density at radius 1 is 1.14 bits per heavy atom. The monoisotopic (exact) mass is 545 g/mol. The van der Waals surface area contributed by atoms with Gasteiger partial charge < -0.3 is 14.5 Å². The van der Waals surface area contributed by atoms with E-state index in [1.165, 1.54) is 19.9 Å². The van der Waals surface area contributed by atoms with Crippen molar-refractivity contribution in [1.82, 2.24) is 10.3 Å². The van der Waals surface area contributed by atoms with Crippen LogP contribution in [0.1, 0.15) is 47.1 Å². The largest absolute Gasteiger partial charge is 0.416 e. The van der Waals surface area contributed by atoms with Gasteiger partial charge in [-0.05, 0) is 55.3 Å². The summed E-state index contributed by atoms with van der Waals surface area (Å²) in [6.45, 7) is 6.53. The Kier molecular flexibility index (Phi) is 7.62.